The van der Waals surface area contributed by atoms with Crippen molar-refractivity contribution in [1.29, 1.82) is 0 Å². The van der Waals surface area contributed by atoms with Crippen molar-refractivity contribution in [3.8, 4) is 0 Å². The highest BCUT2D eigenvalue weighted by Crippen LogP contribution is 2.17. The Labute approximate surface area is 147 Å². The molecule has 8 nitrogen and oxygen atoms in total. The zero-order chi connectivity index (χ0) is 18.1. The van der Waals surface area contributed by atoms with Gasteiger partial charge in [0.15, 0.2) is 0 Å². The lowest BCUT2D eigenvalue weighted by molar-refractivity contribution is -0.124. The minimum absolute atomic E-state index is 0.0141. The third-order valence-corrected chi connectivity index (χ3v) is 4.19. The molecule has 1 saturated carbocycles. The Hall–Kier alpha value is -2.48. The monoisotopic (exact) mass is 347 g/mol. The first kappa shape index (κ1) is 18.9. The van der Waals surface area contributed by atoms with Gasteiger partial charge in [0, 0.05) is 12.1 Å². The molecule has 2 amide bonds. The molecule has 1 atom stereocenters. The van der Waals surface area contributed by atoms with Crippen molar-refractivity contribution in [3.05, 3.63) is 24.2 Å². The number of carbonyl (C=O) groups excluding carboxylic acids is 2. The van der Waals surface area contributed by atoms with Crippen LogP contribution in [0.15, 0.2) is 18.5 Å². The standard InChI is InChI=1S/C17H25N5O3/c1-2-14(17(24)20-12-6-4-3-5-7-12)21-15-11-18-13(10-19-15)8-9-16(23)22-25/h8-12,14,25H,2-7H2,1H3,(H,19,21)(H,20,24)(H,22,23)/t14-/m1/s1. The number of nitrogens with zero attached hydrogens (tertiary/aromatic N) is 2. The van der Waals surface area contributed by atoms with Gasteiger partial charge in [-0.1, -0.05) is 26.2 Å². The Morgan fingerprint density at radius 2 is 2.04 bits per heavy atom. The Morgan fingerprint density at radius 1 is 1.28 bits per heavy atom. The molecule has 1 aliphatic carbocycles. The molecule has 1 aliphatic rings. The predicted octanol–water partition coefficient (Wildman–Crippen LogP) is 1.63. The van der Waals surface area contributed by atoms with Crippen molar-refractivity contribution >= 4 is 23.7 Å². The van der Waals surface area contributed by atoms with E-state index in [9.17, 15) is 9.59 Å². The first-order valence-corrected chi connectivity index (χ1v) is 8.63. The molecule has 0 bridgehead atoms. The van der Waals surface area contributed by atoms with E-state index in [-0.39, 0.29) is 18.0 Å². The molecule has 136 valence electrons. The minimum atomic E-state index is -0.644. The number of carbonyl (C=O) groups is 2. The summed E-state index contributed by atoms with van der Waals surface area (Å²) in [6, 6.07) is -0.0915. The first-order chi connectivity index (χ1) is 12.1. The van der Waals surface area contributed by atoms with Crippen LogP contribution in [0, 0.1) is 0 Å². The first-order valence-electron chi connectivity index (χ1n) is 8.63. The average Bonchev–Trinajstić information content (AvgIpc) is 2.65. The van der Waals surface area contributed by atoms with Gasteiger partial charge in [0.25, 0.3) is 5.91 Å². The van der Waals surface area contributed by atoms with Gasteiger partial charge in [-0.3, -0.25) is 19.8 Å². The Bertz CT molecular complexity index is 597. The SMILES string of the molecule is CC[C@@H](Nc1cnc(C=CC(=O)NO)cn1)C(=O)NC1CCCCC1. The van der Waals surface area contributed by atoms with E-state index in [0.717, 1.165) is 18.9 Å². The van der Waals surface area contributed by atoms with E-state index in [1.807, 2.05) is 6.92 Å². The van der Waals surface area contributed by atoms with Crippen LogP contribution in [-0.2, 0) is 9.59 Å². The topological polar surface area (TPSA) is 116 Å². The van der Waals surface area contributed by atoms with E-state index >= 15 is 0 Å². The maximum Gasteiger partial charge on any atom is 0.267 e. The van der Waals surface area contributed by atoms with Crippen LogP contribution in [0.4, 0.5) is 5.82 Å². The summed E-state index contributed by atoms with van der Waals surface area (Å²) < 4.78 is 0. The quantitative estimate of drug-likeness (QED) is 0.338. The molecule has 25 heavy (non-hydrogen) atoms. The Morgan fingerprint density at radius 3 is 2.64 bits per heavy atom. The van der Waals surface area contributed by atoms with Crippen LogP contribution >= 0.6 is 0 Å². The highest BCUT2D eigenvalue weighted by atomic mass is 16.5. The largest absolute Gasteiger partial charge is 0.357 e. The number of hydrogen-bond donors (Lipinski definition) is 4. The van der Waals surface area contributed by atoms with E-state index in [2.05, 4.69) is 20.6 Å². The van der Waals surface area contributed by atoms with Crippen LogP contribution < -0.4 is 16.1 Å². The molecule has 8 heteroatoms. The van der Waals surface area contributed by atoms with Crippen LogP contribution in [0.3, 0.4) is 0 Å². The van der Waals surface area contributed by atoms with Gasteiger partial charge in [-0.05, 0) is 25.3 Å². The molecule has 1 aromatic heterocycles. The summed E-state index contributed by atoms with van der Waals surface area (Å²) in [5.74, 6) is -0.163. The molecule has 0 unspecified atom stereocenters. The fourth-order valence-corrected chi connectivity index (χ4v) is 2.78. The van der Waals surface area contributed by atoms with Gasteiger partial charge >= 0.3 is 0 Å². The summed E-state index contributed by atoms with van der Waals surface area (Å²) >= 11 is 0. The summed E-state index contributed by atoms with van der Waals surface area (Å²) in [7, 11) is 0. The van der Waals surface area contributed by atoms with Gasteiger partial charge in [0.05, 0.1) is 18.1 Å². The number of anilines is 1. The second-order valence-electron chi connectivity index (χ2n) is 6.08. The number of hydroxylamine groups is 1. The lowest BCUT2D eigenvalue weighted by Crippen LogP contribution is -2.45. The Balaban J connectivity index is 1.90. The molecule has 2 rings (SSSR count). The number of nitrogens with one attached hydrogen (secondary N) is 3. The second-order valence-corrected chi connectivity index (χ2v) is 6.08. The molecule has 0 aromatic carbocycles. The van der Waals surface area contributed by atoms with Gasteiger partial charge in [-0.2, -0.15) is 0 Å². The number of hydrogen-bond acceptors (Lipinski definition) is 6. The van der Waals surface area contributed by atoms with Crippen LogP contribution in [0.2, 0.25) is 0 Å². The van der Waals surface area contributed by atoms with E-state index in [0.29, 0.717) is 17.9 Å². The van der Waals surface area contributed by atoms with Crippen molar-refractivity contribution < 1.29 is 14.8 Å². The fraction of sp³-hybridized carbons (Fsp3) is 0.529. The van der Waals surface area contributed by atoms with Crippen LogP contribution in [0.25, 0.3) is 6.08 Å². The van der Waals surface area contributed by atoms with E-state index < -0.39 is 5.91 Å². The van der Waals surface area contributed by atoms with E-state index in [4.69, 9.17) is 5.21 Å². The van der Waals surface area contributed by atoms with Gasteiger partial charge in [0.1, 0.15) is 11.9 Å². The minimum Gasteiger partial charge on any atom is -0.357 e. The zero-order valence-electron chi connectivity index (χ0n) is 14.4. The van der Waals surface area contributed by atoms with Crippen LogP contribution in [0.1, 0.15) is 51.1 Å². The summed E-state index contributed by atoms with van der Waals surface area (Å²) in [4.78, 5) is 31.7. The fourth-order valence-electron chi connectivity index (χ4n) is 2.78. The maximum atomic E-state index is 12.4. The number of rotatable bonds is 7. The van der Waals surface area contributed by atoms with Crippen LogP contribution in [-0.4, -0.2) is 39.1 Å². The van der Waals surface area contributed by atoms with Crippen molar-refractivity contribution in [2.24, 2.45) is 0 Å². The van der Waals surface area contributed by atoms with E-state index in [1.165, 1.54) is 43.2 Å². The smallest absolute Gasteiger partial charge is 0.267 e. The third-order valence-electron chi connectivity index (χ3n) is 4.19. The molecule has 4 N–H and O–H groups in total. The lowest BCUT2D eigenvalue weighted by atomic mass is 9.95. The molecule has 0 spiro atoms. The lowest BCUT2D eigenvalue weighted by Gasteiger charge is -2.25. The van der Waals surface area contributed by atoms with Crippen LogP contribution in [0.5, 0.6) is 0 Å². The molecule has 1 fully saturated rings. The highest BCUT2D eigenvalue weighted by Gasteiger charge is 2.21. The second kappa shape index (κ2) is 9.73. The highest BCUT2D eigenvalue weighted by molar-refractivity contribution is 5.90. The van der Waals surface area contributed by atoms with Crippen molar-refractivity contribution in [2.75, 3.05) is 5.32 Å². The van der Waals surface area contributed by atoms with Gasteiger partial charge in [-0.25, -0.2) is 10.5 Å². The van der Waals surface area contributed by atoms with Crippen molar-refractivity contribution in [3.63, 3.8) is 0 Å². The summed E-state index contributed by atoms with van der Waals surface area (Å²) in [5.41, 5.74) is 1.96. The predicted molar refractivity (Wildman–Crippen MR) is 93.7 cm³/mol. The van der Waals surface area contributed by atoms with Crippen molar-refractivity contribution in [1.82, 2.24) is 20.8 Å². The average molecular weight is 347 g/mol. The van der Waals surface area contributed by atoms with E-state index in [1.54, 1.807) is 0 Å². The van der Waals surface area contributed by atoms with Gasteiger partial charge < -0.3 is 10.6 Å². The number of aromatic nitrogens is 2. The maximum absolute atomic E-state index is 12.4. The summed E-state index contributed by atoms with van der Waals surface area (Å²) in [6.07, 6.45) is 11.9. The zero-order valence-corrected chi connectivity index (χ0v) is 14.4. The Kier molecular flexibility index (Phi) is 7.34. The summed E-state index contributed by atoms with van der Waals surface area (Å²) in [5, 5.41) is 14.6. The van der Waals surface area contributed by atoms with Gasteiger partial charge in [-0.15, -0.1) is 0 Å². The molecule has 0 aliphatic heterocycles. The van der Waals surface area contributed by atoms with Crippen molar-refractivity contribution in [2.45, 2.75) is 57.5 Å². The van der Waals surface area contributed by atoms with Gasteiger partial charge in [0.2, 0.25) is 5.91 Å². The molecular weight excluding hydrogens is 322 g/mol. The summed E-state index contributed by atoms with van der Waals surface area (Å²) in [6.45, 7) is 1.94. The molecule has 0 saturated heterocycles. The normalized spacial score (nSPS) is 16.4. The number of amides is 2. The molecule has 1 heterocycles. The molecule has 0 radical (unpaired) electrons. The molecular formula is C17H25N5O3. The third kappa shape index (κ3) is 6.15. The molecule has 1 aromatic rings.